The average Bonchev–Trinajstić information content (AvgIpc) is 2.84. The van der Waals surface area contributed by atoms with E-state index in [9.17, 15) is 23.4 Å². The Kier molecular flexibility index (Phi) is 4.34. The number of carbonyl (C=O) groups is 4. The third-order valence-corrected chi connectivity index (χ3v) is 4.86. The van der Waals surface area contributed by atoms with Gasteiger partial charge in [-0.2, -0.15) is 0 Å². The molecule has 1 saturated heterocycles. The number of nitrogens with two attached hydrogens (primary N) is 1. The highest BCUT2D eigenvalue weighted by Gasteiger charge is 2.48. The first-order chi connectivity index (χ1) is 11.9. The van der Waals surface area contributed by atoms with Gasteiger partial charge >= 0.3 is 11.7 Å². The Morgan fingerprint density at radius 3 is 2.60 bits per heavy atom. The maximum absolute atomic E-state index is 12.7. The second kappa shape index (κ2) is 6.32. The molecule has 0 radical (unpaired) electrons. The van der Waals surface area contributed by atoms with Gasteiger partial charge in [0.05, 0.1) is 17.7 Å². The van der Waals surface area contributed by atoms with E-state index in [1.54, 1.807) is 13.0 Å². The molecule has 0 spiro atoms. The summed E-state index contributed by atoms with van der Waals surface area (Å²) >= 11 is 0.289. The highest BCUT2D eigenvalue weighted by atomic mass is 32.1. The Hall–Kier alpha value is -2.68. The number of benzene rings is 1. The molecule has 0 saturated carbocycles. The second-order valence-electron chi connectivity index (χ2n) is 6.05. The number of carbonyl (C=O) groups excluding carboxylic acids is 4. The summed E-state index contributed by atoms with van der Waals surface area (Å²) in [5, 5.41) is -0.482. The molecule has 2 unspecified atom stereocenters. The van der Waals surface area contributed by atoms with E-state index in [1.165, 1.54) is 12.1 Å². The quantitative estimate of drug-likeness (QED) is 0.464. The molecule has 0 aromatic heterocycles. The molecule has 4 amide bonds. The number of nitrogens with zero attached hydrogens (tertiary/aromatic N) is 2. The standard InChI is InChI=1S/C16H15N3O5S/c1-8(25-24)7-18-12(20)6-5-11(15(18)22)19-14(21)9-3-2-4-10(17)13(9)16(19)23/h2-4,8,11H,5-7H2,1H3,(H-,17,23)/p+1. The minimum absolute atomic E-state index is 0.0234. The van der Waals surface area contributed by atoms with Gasteiger partial charge in [0, 0.05) is 16.3 Å². The lowest BCUT2D eigenvalue weighted by molar-refractivity contribution is -0.151. The van der Waals surface area contributed by atoms with Gasteiger partial charge in [-0.1, -0.05) is 6.07 Å². The number of hydrogen-bond acceptors (Lipinski definition) is 6. The van der Waals surface area contributed by atoms with Crippen LogP contribution in [-0.4, -0.2) is 51.3 Å². The predicted molar refractivity (Wildman–Crippen MR) is 88.6 cm³/mol. The minimum atomic E-state index is -1.06. The molecule has 130 valence electrons. The van der Waals surface area contributed by atoms with Crippen LogP contribution in [0.2, 0.25) is 0 Å². The lowest BCUT2D eigenvalue weighted by Gasteiger charge is -2.34. The van der Waals surface area contributed by atoms with Gasteiger partial charge in [0.2, 0.25) is 5.91 Å². The number of anilines is 1. The molecule has 2 aliphatic heterocycles. The van der Waals surface area contributed by atoms with E-state index >= 15 is 0 Å². The van der Waals surface area contributed by atoms with E-state index in [0.717, 1.165) is 9.80 Å². The molecule has 8 nitrogen and oxygen atoms in total. The van der Waals surface area contributed by atoms with E-state index in [0.29, 0.717) is 0 Å². The summed E-state index contributed by atoms with van der Waals surface area (Å²) in [5.41, 5.74) is 6.22. The molecule has 0 aliphatic carbocycles. The van der Waals surface area contributed by atoms with E-state index < -0.39 is 34.9 Å². The first-order valence-electron chi connectivity index (χ1n) is 7.76. The van der Waals surface area contributed by atoms with Crippen molar-refractivity contribution in [3.05, 3.63) is 29.3 Å². The molecule has 25 heavy (non-hydrogen) atoms. The van der Waals surface area contributed by atoms with Gasteiger partial charge < -0.3 is 5.73 Å². The largest absolute Gasteiger partial charge is 0.463 e. The highest BCUT2D eigenvalue weighted by molar-refractivity contribution is 7.66. The Morgan fingerprint density at radius 2 is 1.96 bits per heavy atom. The zero-order valence-corrected chi connectivity index (χ0v) is 14.2. The van der Waals surface area contributed by atoms with Crippen molar-refractivity contribution in [1.82, 2.24) is 9.80 Å². The van der Waals surface area contributed by atoms with Gasteiger partial charge in [0.1, 0.15) is 6.04 Å². The van der Waals surface area contributed by atoms with E-state index in [1.807, 2.05) is 0 Å². The number of fused-ring (bicyclic) bond motifs is 1. The van der Waals surface area contributed by atoms with Crippen molar-refractivity contribution in [2.45, 2.75) is 31.1 Å². The van der Waals surface area contributed by atoms with Gasteiger partial charge in [-0.3, -0.25) is 29.0 Å². The molecule has 1 fully saturated rings. The Balaban J connectivity index is 1.92. The molecule has 0 bridgehead atoms. The topological polar surface area (TPSA) is 118 Å². The van der Waals surface area contributed by atoms with E-state index in [2.05, 4.69) is 0 Å². The monoisotopic (exact) mass is 362 g/mol. The molecule has 1 aromatic carbocycles. The van der Waals surface area contributed by atoms with E-state index in [4.69, 9.17) is 5.73 Å². The van der Waals surface area contributed by atoms with E-state index in [-0.39, 0.29) is 47.9 Å². The smallest absolute Gasteiger partial charge is 0.398 e. The van der Waals surface area contributed by atoms with Crippen molar-refractivity contribution < 1.29 is 23.4 Å². The van der Waals surface area contributed by atoms with Gasteiger partial charge in [-0.05, 0) is 25.5 Å². The maximum Gasteiger partial charge on any atom is 0.463 e. The van der Waals surface area contributed by atoms with Crippen molar-refractivity contribution in [3.8, 4) is 0 Å². The fourth-order valence-electron chi connectivity index (χ4n) is 3.15. The zero-order valence-electron chi connectivity index (χ0n) is 13.4. The highest BCUT2D eigenvalue weighted by Crippen LogP contribution is 2.32. The molecular formula is C16H16N3O5S+. The number of likely N-dealkylation sites (tertiary alicyclic amines) is 1. The van der Waals surface area contributed by atoms with Gasteiger partial charge in [0.25, 0.3) is 23.0 Å². The van der Waals surface area contributed by atoms with Gasteiger partial charge in [-0.15, -0.1) is 0 Å². The number of piperidine rings is 1. The minimum Gasteiger partial charge on any atom is -0.398 e. The summed E-state index contributed by atoms with van der Waals surface area (Å²) in [5.74, 6) is -2.26. The fraction of sp³-hybridized carbons (Fsp3) is 0.375. The SMILES string of the molecule is CC(CN1C(=O)CCC(N2C(=O)c3cccc(N)c3C2=O)C1=O)[S+]=O. The Bertz CT molecular complexity index is 809. The number of hydrogen-bond donors (Lipinski definition) is 1. The summed E-state index contributed by atoms with van der Waals surface area (Å²) < 4.78 is 10.9. The van der Waals surface area contributed by atoms with Crippen LogP contribution >= 0.6 is 0 Å². The molecule has 2 heterocycles. The van der Waals surface area contributed by atoms with Crippen LogP contribution in [0.4, 0.5) is 5.69 Å². The van der Waals surface area contributed by atoms with Crippen molar-refractivity contribution >= 4 is 41.0 Å². The molecule has 9 heteroatoms. The van der Waals surface area contributed by atoms with Crippen LogP contribution in [0.15, 0.2) is 18.2 Å². The van der Waals surface area contributed by atoms with Gasteiger partial charge in [-0.25, -0.2) is 0 Å². The Labute approximate surface area is 147 Å². The first kappa shape index (κ1) is 17.2. The number of amides is 4. The summed E-state index contributed by atoms with van der Waals surface area (Å²) in [6.07, 6.45) is 0.0912. The summed E-state index contributed by atoms with van der Waals surface area (Å²) in [6, 6.07) is 3.50. The van der Waals surface area contributed by atoms with Crippen LogP contribution in [0.1, 0.15) is 40.5 Å². The zero-order chi connectivity index (χ0) is 18.3. The normalized spacial score (nSPS) is 21.6. The number of nitrogen functional groups attached to an aromatic ring is 1. The first-order valence-corrected chi connectivity index (χ1v) is 8.56. The van der Waals surface area contributed by atoms with Gasteiger partial charge in [0.15, 0.2) is 0 Å². The molecular weight excluding hydrogens is 346 g/mol. The average molecular weight is 362 g/mol. The van der Waals surface area contributed by atoms with Crippen LogP contribution < -0.4 is 5.73 Å². The lowest BCUT2D eigenvalue weighted by atomic mass is 10.0. The Morgan fingerprint density at radius 1 is 1.24 bits per heavy atom. The molecule has 2 aliphatic rings. The third kappa shape index (κ3) is 2.70. The van der Waals surface area contributed by atoms with Crippen molar-refractivity contribution in [2.75, 3.05) is 12.3 Å². The van der Waals surface area contributed by atoms with Crippen LogP contribution in [0.25, 0.3) is 0 Å². The molecule has 1 aromatic rings. The van der Waals surface area contributed by atoms with Crippen molar-refractivity contribution in [1.29, 1.82) is 0 Å². The second-order valence-corrected chi connectivity index (χ2v) is 7.05. The molecule has 3 rings (SSSR count). The molecule has 2 N–H and O–H groups in total. The maximum atomic E-state index is 12.7. The summed E-state index contributed by atoms with van der Waals surface area (Å²) in [4.78, 5) is 51.9. The third-order valence-electron chi connectivity index (χ3n) is 4.38. The predicted octanol–water partition coefficient (Wildman–Crippen LogP) is 0.199. The van der Waals surface area contributed by atoms with Crippen LogP contribution in [0.3, 0.4) is 0 Å². The summed E-state index contributed by atoms with van der Waals surface area (Å²) in [6.45, 7) is 1.55. The van der Waals surface area contributed by atoms with Crippen molar-refractivity contribution in [2.24, 2.45) is 0 Å². The van der Waals surface area contributed by atoms with Crippen LogP contribution in [0.5, 0.6) is 0 Å². The summed E-state index contributed by atoms with van der Waals surface area (Å²) in [7, 11) is 0. The fourth-order valence-corrected chi connectivity index (χ4v) is 3.36. The molecule has 2 atom stereocenters. The lowest BCUT2D eigenvalue weighted by Crippen LogP contribution is -2.57. The van der Waals surface area contributed by atoms with Crippen molar-refractivity contribution in [3.63, 3.8) is 0 Å². The van der Waals surface area contributed by atoms with Crippen LogP contribution in [0, 0.1) is 0 Å². The van der Waals surface area contributed by atoms with Crippen LogP contribution in [-0.2, 0) is 25.5 Å². The number of rotatable bonds is 4. The number of imide groups is 2.